The zero-order valence-corrected chi connectivity index (χ0v) is 8.81. The second-order valence-electron chi connectivity index (χ2n) is 3.34. The van der Waals surface area contributed by atoms with Crippen molar-refractivity contribution in [1.29, 1.82) is 0 Å². The van der Waals surface area contributed by atoms with Gasteiger partial charge in [0.1, 0.15) is 0 Å². The molecule has 0 bridgehead atoms. The van der Waals surface area contributed by atoms with Crippen molar-refractivity contribution in [1.82, 2.24) is 0 Å². The van der Waals surface area contributed by atoms with Crippen LogP contribution in [0.15, 0.2) is 36.9 Å². The van der Waals surface area contributed by atoms with E-state index in [1.807, 2.05) is 18.2 Å². The van der Waals surface area contributed by atoms with Crippen molar-refractivity contribution in [2.45, 2.75) is 6.92 Å². The van der Waals surface area contributed by atoms with E-state index in [9.17, 15) is 0 Å². The van der Waals surface area contributed by atoms with Gasteiger partial charge in [0, 0.05) is 10.4 Å². The van der Waals surface area contributed by atoms with Crippen LogP contribution in [0.1, 0.15) is 11.1 Å². The third kappa shape index (κ3) is 1.32. The second-order valence-corrected chi connectivity index (χ2v) is 3.74. The van der Waals surface area contributed by atoms with Crippen molar-refractivity contribution >= 4 is 28.4 Å². The summed E-state index contributed by atoms with van der Waals surface area (Å²) in [5.74, 6) is 0. The fourth-order valence-corrected chi connectivity index (χ4v) is 1.96. The molecular weight excluding hydrogens is 192 g/mol. The number of fused-ring (bicyclic) bond motifs is 1. The van der Waals surface area contributed by atoms with Crippen molar-refractivity contribution in [3.63, 3.8) is 0 Å². The van der Waals surface area contributed by atoms with Crippen LogP contribution in [-0.2, 0) is 0 Å². The van der Waals surface area contributed by atoms with E-state index in [1.165, 1.54) is 16.5 Å². The van der Waals surface area contributed by atoms with Crippen molar-refractivity contribution in [2.24, 2.45) is 0 Å². The molecule has 0 aliphatic rings. The van der Waals surface area contributed by atoms with Crippen molar-refractivity contribution in [3.05, 3.63) is 53.1 Å². The van der Waals surface area contributed by atoms with Gasteiger partial charge < -0.3 is 0 Å². The summed E-state index contributed by atoms with van der Waals surface area (Å²) in [6.45, 7) is 5.91. The van der Waals surface area contributed by atoms with Crippen molar-refractivity contribution in [2.75, 3.05) is 0 Å². The Balaban J connectivity index is 2.95. The molecule has 0 nitrogen and oxygen atoms in total. The molecule has 70 valence electrons. The Kier molecular flexibility index (Phi) is 2.30. The molecule has 2 rings (SSSR count). The minimum atomic E-state index is 0.797. The van der Waals surface area contributed by atoms with Gasteiger partial charge in [-0.15, -0.1) is 0 Å². The predicted octanol–water partition coefficient (Wildman–Crippen LogP) is 4.44. The Bertz CT molecular complexity index is 498. The van der Waals surface area contributed by atoms with Crippen molar-refractivity contribution in [3.8, 4) is 0 Å². The number of aryl methyl sites for hydroxylation is 1. The summed E-state index contributed by atoms with van der Waals surface area (Å²) in [7, 11) is 0. The molecule has 0 spiro atoms. The standard InChI is InChI=1S/C13H11Cl/c1-3-10-9(2)7-8-12-11(10)5-4-6-13(12)14/h3-8H,1H2,2H3. The van der Waals surface area contributed by atoms with Gasteiger partial charge in [0.25, 0.3) is 0 Å². The molecule has 14 heavy (non-hydrogen) atoms. The molecule has 0 heterocycles. The molecule has 0 saturated carbocycles. The van der Waals surface area contributed by atoms with E-state index < -0.39 is 0 Å². The summed E-state index contributed by atoms with van der Waals surface area (Å²) in [4.78, 5) is 0. The van der Waals surface area contributed by atoms with E-state index in [0.717, 1.165) is 10.4 Å². The lowest BCUT2D eigenvalue weighted by Gasteiger charge is -2.06. The Labute approximate surface area is 88.8 Å². The first-order valence-electron chi connectivity index (χ1n) is 4.54. The van der Waals surface area contributed by atoms with Crippen LogP contribution in [0.25, 0.3) is 16.8 Å². The number of halogens is 1. The van der Waals surface area contributed by atoms with Gasteiger partial charge in [-0.3, -0.25) is 0 Å². The molecule has 0 atom stereocenters. The molecule has 0 N–H and O–H groups in total. The highest BCUT2D eigenvalue weighted by atomic mass is 35.5. The highest BCUT2D eigenvalue weighted by Gasteiger charge is 2.03. The lowest BCUT2D eigenvalue weighted by Crippen LogP contribution is -1.83. The predicted molar refractivity (Wildman–Crippen MR) is 63.8 cm³/mol. The molecular formula is C13H11Cl. The van der Waals surface area contributed by atoms with Gasteiger partial charge in [0.05, 0.1) is 0 Å². The summed E-state index contributed by atoms with van der Waals surface area (Å²) < 4.78 is 0. The van der Waals surface area contributed by atoms with Crippen LogP contribution in [0.5, 0.6) is 0 Å². The number of hydrogen-bond donors (Lipinski definition) is 0. The molecule has 2 aromatic rings. The summed E-state index contributed by atoms with van der Waals surface area (Å²) >= 11 is 6.10. The summed E-state index contributed by atoms with van der Waals surface area (Å²) in [5, 5.41) is 3.06. The molecule has 0 aromatic heterocycles. The van der Waals surface area contributed by atoms with Crippen LogP contribution in [-0.4, -0.2) is 0 Å². The first kappa shape index (κ1) is 9.29. The van der Waals surface area contributed by atoms with E-state index in [4.69, 9.17) is 11.6 Å². The fourth-order valence-electron chi connectivity index (χ4n) is 1.72. The third-order valence-corrected chi connectivity index (χ3v) is 2.80. The van der Waals surface area contributed by atoms with E-state index in [2.05, 4.69) is 31.7 Å². The van der Waals surface area contributed by atoms with Crippen LogP contribution in [0.2, 0.25) is 5.02 Å². The Morgan fingerprint density at radius 3 is 2.64 bits per heavy atom. The first-order chi connectivity index (χ1) is 6.74. The fraction of sp³-hybridized carbons (Fsp3) is 0.0769. The number of benzene rings is 2. The van der Waals surface area contributed by atoms with Gasteiger partial charge in [-0.1, -0.05) is 48.5 Å². The van der Waals surface area contributed by atoms with Gasteiger partial charge in [-0.05, 0) is 29.5 Å². The van der Waals surface area contributed by atoms with Crippen LogP contribution < -0.4 is 0 Å². The van der Waals surface area contributed by atoms with Crippen LogP contribution in [0.3, 0.4) is 0 Å². The quantitative estimate of drug-likeness (QED) is 0.641. The van der Waals surface area contributed by atoms with E-state index in [1.54, 1.807) is 0 Å². The zero-order chi connectivity index (χ0) is 10.1. The molecule has 0 saturated heterocycles. The third-order valence-electron chi connectivity index (χ3n) is 2.47. The normalized spacial score (nSPS) is 10.4. The number of hydrogen-bond acceptors (Lipinski definition) is 0. The molecule has 2 aromatic carbocycles. The maximum atomic E-state index is 6.10. The van der Waals surface area contributed by atoms with Crippen LogP contribution in [0, 0.1) is 6.92 Å². The van der Waals surface area contributed by atoms with Gasteiger partial charge in [0.15, 0.2) is 0 Å². The molecule has 0 aliphatic carbocycles. The largest absolute Gasteiger partial charge is 0.0984 e. The topological polar surface area (TPSA) is 0 Å². The SMILES string of the molecule is C=Cc1c(C)ccc2c(Cl)cccc12. The highest BCUT2D eigenvalue weighted by Crippen LogP contribution is 2.28. The maximum absolute atomic E-state index is 6.10. The van der Waals surface area contributed by atoms with Crippen molar-refractivity contribution < 1.29 is 0 Å². The second kappa shape index (κ2) is 3.47. The van der Waals surface area contributed by atoms with Crippen LogP contribution >= 0.6 is 11.6 Å². The summed E-state index contributed by atoms with van der Waals surface area (Å²) in [6.07, 6.45) is 1.88. The van der Waals surface area contributed by atoms with Crippen LogP contribution in [0.4, 0.5) is 0 Å². The zero-order valence-electron chi connectivity index (χ0n) is 8.05. The lowest BCUT2D eigenvalue weighted by atomic mass is 10.00. The van der Waals surface area contributed by atoms with E-state index in [0.29, 0.717) is 0 Å². The summed E-state index contributed by atoms with van der Waals surface area (Å²) in [5.41, 5.74) is 2.40. The number of rotatable bonds is 1. The van der Waals surface area contributed by atoms with E-state index >= 15 is 0 Å². The lowest BCUT2D eigenvalue weighted by molar-refractivity contribution is 1.48. The van der Waals surface area contributed by atoms with Gasteiger partial charge >= 0.3 is 0 Å². The highest BCUT2D eigenvalue weighted by molar-refractivity contribution is 6.35. The Hall–Kier alpha value is -1.27. The average molecular weight is 203 g/mol. The van der Waals surface area contributed by atoms with Gasteiger partial charge in [-0.2, -0.15) is 0 Å². The van der Waals surface area contributed by atoms with Gasteiger partial charge in [-0.25, -0.2) is 0 Å². The first-order valence-corrected chi connectivity index (χ1v) is 4.92. The van der Waals surface area contributed by atoms with Gasteiger partial charge in [0.2, 0.25) is 0 Å². The minimum absolute atomic E-state index is 0.797. The Morgan fingerprint density at radius 1 is 1.14 bits per heavy atom. The molecule has 0 unspecified atom stereocenters. The molecule has 0 aliphatic heterocycles. The minimum Gasteiger partial charge on any atom is -0.0984 e. The smallest absolute Gasteiger partial charge is 0.0484 e. The Morgan fingerprint density at radius 2 is 1.93 bits per heavy atom. The summed E-state index contributed by atoms with van der Waals surface area (Å²) in [6, 6.07) is 10.1. The molecule has 0 fully saturated rings. The molecule has 0 amide bonds. The average Bonchev–Trinajstić information content (AvgIpc) is 2.18. The molecule has 0 radical (unpaired) electrons. The maximum Gasteiger partial charge on any atom is 0.0484 e. The molecule has 1 heteroatoms. The van der Waals surface area contributed by atoms with E-state index in [-0.39, 0.29) is 0 Å². The monoisotopic (exact) mass is 202 g/mol.